The fourth-order valence-electron chi connectivity index (χ4n) is 3.89. The maximum Gasteiger partial charge on any atom is 0.322 e. The minimum atomic E-state index is -3.26. The number of hydrogen-bond acceptors (Lipinski definition) is 7. The van der Waals surface area contributed by atoms with Crippen LogP contribution in [-0.2, 0) is 16.3 Å². The van der Waals surface area contributed by atoms with Gasteiger partial charge in [0.05, 0.1) is 12.0 Å². The third kappa shape index (κ3) is 4.18. The number of carbonyl (C=O) groups excluding carboxylic acids is 1. The van der Waals surface area contributed by atoms with Gasteiger partial charge >= 0.3 is 6.03 Å². The molecule has 0 unspecified atom stereocenters. The number of amides is 2. The molecule has 1 N–H and O–H groups in total. The molecule has 2 aliphatic rings. The molecule has 9 nitrogen and oxygen atoms in total. The summed E-state index contributed by atoms with van der Waals surface area (Å²) >= 11 is 0. The van der Waals surface area contributed by atoms with Crippen molar-refractivity contribution in [2.24, 2.45) is 0 Å². The Kier molecular flexibility index (Phi) is 5.50. The number of aromatic nitrogens is 2. The smallest absolute Gasteiger partial charge is 0.322 e. The summed E-state index contributed by atoms with van der Waals surface area (Å²) in [4.78, 5) is 25.6. The summed E-state index contributed by atoms with van der Waals surface area (Å²) in [6.07, 6.45) is 5.10. The molecule has 3 heterocycles. The average Bonchev–Trinajstić information content (AvgIpc) is 3.17. The van der Waals surface area contributed by atoms with E-state index < -0.39 is 9.84 Å². The Morgan fingerprint density at radius 3 is 2.67 bits per heavy atom. The van der Waals surface area contributed by atoms with Gasteiger partial charge in [-0.15, -0.1) is 0 Å². The molecule has 2 aromatic rings. The van der Waals surface area contributed by atoms with E-state index in [2.05, 4.69) is 20.2 Å². The fraction of sp³-hybridized carbons (Fsp3) is 0.450. The minimum Gasteiger partial charge on any atom is -0.481 e. The fourth-order valence-corrected chi connectivity index (χ4v) is 4.57. The number of sulfone groups is 1. The van der Waals surface area contributed by atoms with E-state index in [4.69, 9.17) is 4.74 Å². The monoisotopic (exact) mass is 431 g/mol. The Morgan fingerprint density at radius 2 is 1.97 bits per heavy atom. The molecule has 0 radical (unpaired) electrons. The van der Waals surface area contributed by atoms with Crippen LogP contribution < -0.4 is 19.9 Å². The standard InChI is InChI=1S/C20H25N5O4S/c1-29-18-5-9-21-19(23-18)24-10-7-15(8-11-24)22-20(26)25-12-6-14-13-16(30(2,27)28)3-4-17(14)25/h3-5,9,13,15H,6-8,10-12H2,1-2H3,(H,22,26). The zero-order valence-corrected chi connectivity index (χ0v) is 17.9. The number of hydrogen-bond donors (Lipinski definition) is 1. The molecular weight excluding hydrogens is 406 g/mol. The number of nitrogens with zero attached hydrogens (tertiary/aromatic N) is 4. The van der Waals surface area contributed by atoms with Crippen molar-refractivity contribution in [1.29, 1.82) is 0 Å². The molecule has 1 fully saturated rings. The molecule has 0 saturated carbocycles. The number of nitrogens with one attached hydrogen (secondary N) is 1. The average molecular weight is 432 g/mol. The predicted octanol–water partition coefficient (Wildman–Crippen LogP) is 1.63. The largest absolute Gasteiger partial charge is 0.481 e. The molecule has 30 heavy (non-hydrogen) atoms. The van der Waals surface area contributed by atoms with Crippen LogP contribution in [0.2, 0.25) is 0 Å². The van der Waals surface area contributed by atoms with E-state index in [1.807, 2.05) is 0 Å². The van der Waals surface area contributed by atoms with Crippen molar-refractivity contribution < 1.29 is 17.9 Å². The van der Waals surface area contributed by atoms with Crippen LogP contribution in [0.1, 0.15) is 18.4 Å². The van der Waals surface area contributed by atoms with Gasteiger partial charge in [0.15, 0.2) is 9.84 Å². The lowest BCUT2D eigenvalue weighted by atomic mass is 10.1. The zero-order chi connectivity index (χ0) is 21.3. The molecule has 2 aliphatic heterocycles. The number of ether oxygens (including phenoxy) is 1. The summed E-state index contributed by atoms with van der Waals surface area (Å²) in [7, 11) is -1.68. The van der Waals surface area contributed by atoms with Gasteiger partial charge in [0.1, 0.15) is 0 Å². The highest BCUT2D eigenvalue weighted by atomic mass is 32.2. The lowest BCUT2D eigenvalue weighted by Gasteiger charge is -2.33. The van der Waals surface area contributed by atoms with E-state index in [1.165, 1.54) is 6.26 Å². The highest BCUT2D eigenvalue weighted by Crippen LogP contribution is 2.30. The number of urea groups is 1. The third-order valence-corrected chi connectivity index (χ3v) is 6.66. The lowest BCUT2D eigenvalue weighted by molar-refractivity contribution is 0.240. The Bertz CT molecular complexity index is 1050. The van der Waals surface area contributed by atoms with E-state index in [0.29, 0.717) is 24.8 Å². The topological polar surface area (TPSA) is 105 Å². The van der Waals surface area contributed by atoms with Crippen molar-refractivity contribution in [3.8, 4) is 5.88 Å². The van der Waals surface area contributed by atoms with Gasteiger partial charge in [0, 0.05) is 49.9 Å². The number of benzene rings is 1. The van der Waals surface area contributed by atoms with Crippen molar-refractivity contribution in [2.75, 3.05) is 42.8 Å². The van der Waals surface area contributed by atoms with Gasteiger partial charge in [-0.25, -0.2) is 18.2 Å². The van der Waals surface area contributed by atoms with Crippen LogP contribution in [0.25, 0.3) is 0 Å². The summed E-state index contributed by atoms with van der Waals surface area (Å²) in [6.45, 7) is 2.03. The first-order valence-electron chi connectivity index (χ1n) is 9.88. The Hall–Kier alpha value is -2.88. The number of carbonyl (C=O) groups is 1. The molecule has 0 aliphatic carbocycles. The molecule has 2 amide bonds. The van der Waals surface area contributed by atoms with E-state index in [0.717, 1.165) is 37.2 Å². The number of fused-ring (bicyclic) bond motifs is 1. The van der Waals surface area contributed by atoms with Gasteiger partial charge in [0.25, 0.3) is 0 Å². The summed E-state index contributed by atoms with van der Waals surface area (Å²) in [5.41, 5.74) is 1.67. The van der Waals surface area contributed by atoms with Gasteiger partial charge < -0.3 is 15.0 Å². The van der Waals surface area contributed by atoms with Crippen LogP contribution in [0.5, 0.6) is 5.88 Å². The van der Waals surface area contributed by atoms with Crippen molar-refractivity contribution in [3.05, 3.63) is 36.0 Å². The third-order valence-electron chi connectivity index (χ3n) is 5.55. The zero-order valence-electron chi connectivity index (χ0n) is 17.0. The Morgan fingerprint density at radius 1 is 1.20 bits per heavy atom. The van der Waals surface area contributed by atoms with Crippen LogP contribution in [0.4, 0.5) is 16.4 Å². The van der Waals surface area contributed by atoms with Crippen molar-refractivity contribution in [3.63, 3.8) is 0 Å². The molecule has 1 aromatic heterocycles. The number of methoxy groups -OCH3 is 1. The first kappa shape index (κ1) is 20.4. The van der Waals surface area contributed by atoms with Crippen molar-refractivity contribution in [2.45, 2.75) is 30.2 Å². The number of rotatable bonds is 4. The molecule has 1 saturated heterocycles. The van der Waals surface area contributed by atoms with Crippen LogP contribution in [0, 0.1) is 0 Å². The van der Waals surface area contributed by atoms with Crippen LogP contribution in [0.15, 0.2) is 35.4 Å². The first-order chi connectivity index (χ1) is 14.3. The summed E-state index contributed by atoms with van der Waals surface area (Å²) in [5.74, 6) is 1.16. The second kappa shape index (κ2) is 8.10. The first-order valence-corrected chi connectivity index (χ1v) is 11.8. The minimum absolute atomic E-state index is 0.0682. The van der Waals surface area contributed by atoms with Gasteiger partial charge in [0.2, 0.25) is 11.8 Å². The predicted molar refractivity (Wildman–Crippen MR) is 113 cm³/mol. The maximum atomic E-state index is 12.8. The van der Waals surface area contributed by atoms with E-state index in [9.17, 15) is 13.2 Å². The molecule has 0 atom stereocenters. The molecule has 4 rings (SSSR count). The van der Waals surface area contributed by atoms with Gasteiger partial charge in [-0.3, -0.25) is 4.90 Å². The van der Waals surface area contributed by atoms with Gasteiger partial charge in [-0.05, 0) is 43.0 Å². The maximum absolute atomic E-state index is 12.8. The Balaban J connectivity index is 1.36. The van der Waals surface area contributed by atoms with Gasteiger partial charge in [-0.2, -0.15) is 4.98 Å². The van der Waals surface area contributed by atoms with E-state index in [-0.39, 0.29) is 17.0 Å². The second-order valence-electron chi connectivity index (χ2n) is 7.57. The van der Waals surface area contributed by atoms with E-state index >= 15 is 0 Å². The normalized spacial score (nSPS) is 17.0. The summed E-state index contributed by atoms with van der Waals surface area (Å²) < 4.78 is 28.7. The molecule has 0 spiro atoms. The molecule has 1 aromatic carbocycles. The molecule has 160 valence electrons. The quantitative estimate of drug-likeness (QED) is 0.784. The summed E-state index contributed by atoms with van der Waals surface area (Å²) in [6, 6.07) is 6.59. The lowest BCUT2D eigenvalue weighted by Crippen LogP contribution is -2.49. The number of piperidine rings is 1. The van der Waals surface area contributed by atoms with Crippen molar-refractivity contribution in [1.82, 2.24) is 15.3 Å². The van der Waals surface area contributed by atoms with Crippen LogP contribution in [-0.4, -0.2) is 63.5 Å². The highest BCUT2D eigenvalue weighted by Gasteiger charge is 2.29. The molecule has 10 heteroatoms. The number of anilines is 2. The summed E-state index contributed by atoms with van der Waals surface area (Å²) in [5, 5.41) is 3.12. The van der Waals surface area contributed by atoms with E-state index in [1.54, 1.807) is 42.5 Å². The van der Waals surface area contributed by atoms with Crippen LogP contribution >= 0.6 is 0 Å². The highest BCUT2D eigenvalue weighted by molar-refractivity contribution is 7.90. The van der Waals surface area contributed by atoms with Crippen LogP contribution in [0.3, 0.4) is 0 Å². The molecule has 0 bridgehead atoms. The Labute approximate surface area is 176 Å². The second-order valence-corrected chi connectivity index (χ2v) is 9.59. The molecular formula is C20H25N5O4S. The SMILES string of the molecule is COc1ccnc(N2CCC(NC(=O)N3CCc4cc(S(C)(=O)=O)ccc43)CC2)n1. The van der Waals surface area contributed by atoms with Crippen molar-refractivity contribution >= 4 is 27.5 Å². The van der Waals surface area contributed by atoms with Gasteiger partial charge in [-0.1, -0.05) is 0 Å².